The largest absolute Gasteiger partial charge is 0.460 e. The van der Waals surface area contributed by atoms with Gasteiger partial charge in [0.25, 0.3) is 0 Å². The molecular formula is C16H26O2. The van der Waals surface area contributed by atoms with E-state index in [4.69, 9.17) is 4.74 Å². The molecule has 0 amide bonds. The zero-order valence-corrected chi connectivity index (χ0v) is 12.2. The van der Waals surface area contributed by atoms with Gasteiger partial charge < -0.3 is 4.74 Å². The number of hydrogen-bond donors (Lipinski definition) is 0. The number of hydrogen-bond acceptors (Lipinski definition) is 2. The predicted octanol–water partition coefficient (Wildman–Crippen LogP) is 3.93. The molecule has 0 saturated heterocycles. The molecule has 4 aliphatic carbocycles. The summed E-state index contributed by atoms with van der Waals surface area (Å²) in [6.45, 7) is 8.33. The van der Waals surface area contributed by atoms with Gasteiger partial charge in [-0.15, -0.1) is 0 Å². The van der Waals surface area contributed by atoms with Crippen LogP contribution < -0.4 is 0 Å². The maximum absolute atomic E-state index is 12.6. The average Bonchev–Trinajstić information content (AvgIpc) is 2.09. The Hall–Kier alpha value is -0.530. The highest BCUT2D eigenvalue weighted by molar-refractivity contribution is 5.78. The van der Waals surface area contributed by atoms with Crippen molar-refractivity contribution in [2.45, 2.75) is 71.8 Å². The molecule has 0 aliphatic heterocycles. The van der Waals surface area contributed by atoms with E-state index in [0.29, 0.717) is 5.41 Å². The molecular weight excluding hydrogens is 224 g/mol. The summed E-state index contributed by atoms with van der Waals surface area (Å²) in [7, 11) is 0. The van der Waals surface area contributed by atoms with E-state index in [-0.39, 0.29) is 17.0 Å². The van der Waals surface area contributed by atoms with Crippen LogP contribution in [-0.2, 0) is 9.53 Å². The molecule has 0 N–H and O–H groups in total. The molecule has 4 bridgehead atoms. The number of esters is 1. The SMILES string of the molecule is CC12CC3CC(C1)CC(C(=O)OC(C)(C)C)(C3)C2. The molecule has 0 heterocycles. The molecule has 2 atom stereocenters. The minimum Gasteiger partial charge on any atom is -0.460 e. The van der Waals surface area contributed by atoms with E-state index < -0.39 is 0 Å². The molecule has 4 saturated carbocycles. The van der Waals surface area contributed by atoms with Crippen molar-refractivity contribution in [3.8, 4) is 0 Å². The fraction of sp³-hybridized carbons (Fsp3) is 0.938. The van der Waals surface area contributed by atoms with E-state index in [1.807, 2.05) is 20.8 Å². The standard InChI is InChI=1S/C16H26O2/c1-14(2,3)18-13(17)16-8-11-5-12(9-16)7-15(4,6-11)10-16/h11-12H,5-10H2,1-4H3. The van der Waals surface area contributed by atoms with Crippen LogP contribution in [0.4, 0.5) is 0 Å². The topological polar surface area (TPSA) is 26.3 Å². The molecule has 102 valence electrons. The van der Waals surface area contributed by atoms with Crippen molar-refractivity contribution in [1.29, 1.82) is 0 Å². The van der Waals surface area contributed by atoms with Crippen LogP contribution in [0.15, 0.2) is 0 Å². The van der Waals surface area contributed by atoms with Crippen LogP contribution >= 0.6 is 0 Å². The molecule has 0 radical (unpaired) electrons. The third-order valence-electron chi connectivity index (χ3n) is 5.19. The Morgan fingerprint density at radius 3 is 2.11 bits per heavy atom. The molecule has 18 heavy (non-hydrogen) atoms. The second-order valence-electron chi connectivity index (χ2n) is 8.55. The maximum atomic E-state index is 12.6. The zero-order valence-electron chi connectivity index (χ0n) is 12.2. The highest BCUT2D eigenvalue weighted by Crippen LogP contribution is 2.65. The van der Waals surface area contributed by atoms with Crippen LogP contribution in [0, 0.1) is 22.7 Å². The second-order valence-corrected chi connectivity index (χ2v) is 8.55. The van der Waals surface area contributed by atoms with Crippen LogP contribution in [0.5, 0.6) is 0 Å². The van der Waals surface area contributed by atoms with Crippen molar-refractivity contribution in [2.75, 3.05) is 0 Å². The molecule has 4 fully saturated rings. The first-order valence-electron chi connectivity index (χ1n) is 7.43. The highest BCUT2D eigenvalue weighted by Gasteiger charge is 2.59. The minimum absolute atomic E-state index is 0.0929. The fourth-order valence-corrected chi connectivity index (χ4v) is 5.35. The third kappa shape index (κ3) is 1.98. The number of rotatable bonds is 1. The van der Waals surface area contributed by atoms with Gasteiger partial charge in [0.05, 0.1) is 5.41 Å². The first-order valence-corrected chi connectivity index (χ1v) is 7.43. The van der Waals surface area contributed by atoms with Crippen molar-refractivity contribution in [2.24, 2.45) is 22.7 Å². The monoisotopic (exact) mass is 250 g/mol. The van der Waals surface area contributed by atoms with Gasteiger partial charge in [-0.2, -0.15) is 0 Å². The summed E-state index contributed by atoms with van der Waals surface area (Å²) in [6, 6.07) is 0. The molecule has 2 nitrogen and oxygen atoms in total. The van der Waals surface area contributed by atoms with Gasteiger partial charge in [0.15, 0.2) is 0 Å². The van der Waals surface area contributed by atoms with Gasteiger partial charge in [-0.25, -0.2) is 0 Å². The normalized spacial score (nSPS) is 46.2. The van der Waals surface area contributed by atoms with Crippen LogP contribution in [0.1, 0.15) is 66.2 Å². The van der Waals surface area contributed by atoms with E-state index in [1.54, 1.807) is 0 Å². The zero-order chi connectivity index (χ0) is 13.2. The Labute approximate surface area is 110 Å². The van der Waals surface area contributed by atoms with Crippen molar-refractivity contribution in [3.63, 3.8) is 0 Å². The molecule has 4 rings (SSSR count). The first kappa shape index (κ1) is 12.5. The average molecular weight is 250 g/mol. The second kappa shape index (κ2) is 3.52. The molecule has 2 unspecified atom stereocenters. The smallest absolute Gasteiger partial charge is 0.312 e. The van der Waals surface area contributed by atoms with Crippen molar-refractivity contribution >= 4 is 5.97 Å². The van der Waals surface area contributed by atoms with Crippen molar-refractivity contribution in [3.05, 3.63) is 0 Å². The number of ether oxygens (including phenoxy) is 1. The van der Waals surface area contributed by atoms with Crippen molar-refractivity contribution < 1.29 is 9.53 Å². The highest BCUT2D eigenvalue weighted by atomic mass is 16.6. The molecule has 0 aromatic carbocycles. The lowest BCUT2D eigenvalue weighted by molar-refractivity contribution is -0.189. The summed E-state index contributed by atoms with van der Waals surface area (Å²) in [5, 5.41) is 0. The summed E-state index contributed by atoms with van der Waals surface area (Å²) >= 11 is 0. The van der Waals surface area contributed by atoms with E-state index in [0.717, 1.165) is 31.1 Å². The summed E-state index contributed by atoms with van der Waals surface area (Å²) < 4.78 is 5.73. The van der Waals surface area contributed by atoms with Crippen molar-refractivity contribution in [1.82, 2.24) is 0 Å². The van der Waals surface area contributed by atoms with E-state index in [2.05, 4.69) is 6.92 Å². The minimum atomic E-state index is -0.346. The van der Waals surface area contributed by atoms with E-state index >= 15 is 0 Å². The van der Waals surface area contributed by atoms with Gasteiger partial charge in [-0.3, -0.25) is 4.79 Å². The fourth-order valence-electron chi connectivity index (χ4n) is 5.35. The Morgan fingerprint density at radius 1 is 1.11 bits per heavy atom. The lowest BCUT2D eigenvalue weighted by Crippen LogP contribution is -2.55. The third-order valence-corrected chi connectivity index (χ3v) is 5.19. The summed E-state index contributed by atoms with van der Waals surface area (Å²) in [5.41, 5.74) is -0.0611. The van der Waals surface area contributed by atoms with E-state index in [9.17, 15) is 4.79 Å². The van der Waals surface area contributed by atoms with Crippen LogP contribution in [-0.4, -0.2) is 11.6 Å². The number of carbonyl (C=O) groups is 1. The maximum Gasteiger partial charge on any atom is 0.312 e. The molecule has 2 heteroatoms. The lowest BCUT2D eigenvalue weighted by atomic mass is 9.44. The Kier molecular flexibility index (Phi) is 2.44. The predicted molar refractivity (Wildman–Crippen MR) is 71.1 cm³/mol. The van der Waals surface area contributed by atoms with Gasteiger partial charge in [-0.05, 0) is 76.5 Å². The van der Waals surface area contributed by atoms with Crippen LogP contribution in [0.25, 0.3) is 0 Å². The van der Waals surface area contributed by atoms with Gasteiger partial charge in [-0.1, -0.05) is 6.92 Å². The van der Waals surface area contributed by atoms with Crippen LogP contribution in [0.3, 0.4) is 0 Å². The van der Waals surface area contributed by atoms with Gasteiger partial charge in [0.2, 0.25) is 0 Å². The molecule has 0 aromatic heterocycles. The molecule has 4 aliphatic rings. The number of carbonyl (C=O) groups excluding carboxylic acids is 1. The van der Waals surface area contributed by atoms with Gasteiger partial charge >= 0.3 is 5.97 Å². The van der Waals surface area contributed by atoms with Crippen LogP contribution in [0.2, 0.25) is 0 Å². The van der Waals surface area contributed by atoms with Gasteiger partial charge in [0.1, 0.15) is 5.60 Å². The quantitative estimate of drug-likeness (QED) is 0.659. The Morgan fingerprint density at radius 2 is 1.67 bits per heavy atom. The Bertz CT molecular complexity index is 363. The van der Waals surface area contributed by atoms with Gasteiger partial charge in [0, 0.05) is 0 Å². The first-order chi connectivity index (χ1) is 8.20. The summed E-state index contributed by atoms with van der Waals surface area (Å²) in [5.74, 6) is 1.66. The summed E-state index contributed by atoms with van der Waals surface area (Å²) in [6.07, 6.45) is 7.30. The summed E-state index contributed by atoms with van der Waals surface area (Å²) in [4.78, 5) is 12.6. The van der Waals surface area contributed by atoms with E-state index in [1.165, 1.54) is 19.3 Å². The molecule has 0 aromatic rings. The lowest BCUT2D eigenvalue weighted by Gasteiger charge is -2.60. The Balaban J connectivity index is 1.85. The molecule has 0 spiro atoms.